The molecule has 1 amide bonds. The maximum atomic E-state index is 14.1. The molecule has 0 aliphatic heterocycles. The van der Waals surface area contributed by atoms with Crippen molar-refractivity contribution in [3.05, 3.63) is 59.4 Å². The van der Waals surface area contributed by atoms with Crippen molar-refractivity contribution in [1.29, 1.82) is 5.26 Å². The van der Waals surface area contributed by atoms with Crippen LogP contribution in [0.4, 0.5) is 14.9 Å². The maximum Gasteiger partial charge on any atom is 0.412 e. The lowest BCUT2D eigenvalue weighted by atomic mass is 10.1. The molecule has 0 aliphatic rings. The Morgan fingerprint density at radius 1 is 1.24 bits per heavy atom. The summed E-state index contributed by atoms with van der Waals surface area (Å²) in [6.45, 7) is 5.35. The SMILES string of the molecule is CC(C)(C)OC(=O)Nc1ccc(OCc2cccc(C#N)c2)c(F)c1. The Hall–Kier alpha value is -3.07. The zero-order valence-electron chi connectivity index (χ0n) is 14.3. The minimum atomic E-state index is -0.658. The minimum absolute atomic E-state index is 0.0529. The molecule has 0 fully saturated rings. The fraction of sp³-hybridized carbons (Fsp3) is 0.263. The molecule has 0 radical (unpaired) electrons. The first-order valence-electron chi connectivity index (χ1n) is 7.68. The Balaban J connectivity index is 1.99. The molecule has 1 N–H and O–H groups in total. The van der Waals surface area contributed by atoms with E-state index in [0.29, 0.717) is 5.56 Å². The van der Waals surface area contributed by atoms with E-state index in [1.807, 2.05) is 6.07 Å². The van der Waals surface area contributed by atoms with Crippen LogP contribution < -0.4 is 10.1 Å². The van der Waals surface area contributed by atoms with Crippen LogP contribution in [0.25, 0.3) is 0 Å². The molecule has 0 unspecified atom stereocenters. The molecule has 0 aliphatic carbocycles. The molecule has 0 spiro atoms. The van der Waals surface area contributed by atoms with Crippen LogP contribution in [0.5, 0.6) is 5.75 Å². The summed E-state index contributed by atoms with van der Waals surface area (Å²) in [6, 6.07) is 13.0. The van der Waals surface area contributed by atoms with Gasteiger partial charge in [0.25, 0.3) is 0 Å². The van der Waals surface area contributed by atoms with Gasteiger partial charge >= 0.3 is 6.09 Å². The number of hydrogen-bond donors (Lipinski definition) is 1. The van der Waals surface area contributed by atoms with Crippen molar-refractivity contribution in [1.82, 2.24) is 0 Å². The lowest BCUT2D eigenvalue weighted by Gasteiger charge is -2.19. The van der Waals surface area contributed by atoms with Gasteiger partial charge in [0.05, 0.1) is 11.6 Å². The number of carbonyl (C=O) groups is 1. The highest BCUT2D eigenvalue weighted by Gasteiger charge is 2.16. The van der Waals surface area contributed by atoms with Crippen molar-refractivity contribution < 1.29 is 18.7 Å². The quantitative estimate of drug-likeness (QED) is 0.880. The maximum absolute atomic E-state index is 14.1. The van der Waals surface area contributed by atoms with Crippen molar-refractivity contribution >= 4 is 11.8 Å². The molecule has 130 valence electrons. The van der Waals surface area contributed by atoms with Gasteiger partial charge in [-0.25, -0.2) is 9.18 Å². The summed E-state index contributed by atoms with van der Waals surface area (Å²) < 4.78 is 24.7. The third kappa shape index (κ3) is 5.81. The molecular weight excluding hydrogens is 323 g/mol. The fourth-order valence-corrected chi connectivity index (χ4v) is 2.01. The lowest BCUT2D eigenvalue weighted by molar-refractivity contribution is 0.0636. The second-order valence-electron chi connectivity index (χ2n) is 6.37. The van der Waals surface area contributed by atoms with Gasteiger partial charge in [0.15, 0.2) is 11.6 Å². The van der Waals surface area contributed by atoms with Crippen LogP contribution >= 0.6 is 0 Å². The molecule has 25 heavy (non-hydrogen) atoms. The van der Waals surface area contributed by atoms with Gasteiger partial charge in [-0.05, 0) is 50.6 Å². The summed E-state index contributed by atoms with van der Waals surface area (Å²) in [6.07, 6.45) is -0.658. The Morgan fingerprint density at radius 3 is 2.64 bits per heavy atom. The summed E-state index contributed by atoms with van der Waals surface area (Å²) in [5, 5.41) is 11.3. The van der Waals surface area contributed by atoms with Gasteiger partial charge in [0, 0.05) is 11.8 Å². The topological polar surface area (TPSA) is 71.3 Å². The summed E-state index contributed by atoms with van der Waals surface area (Å²) in [5.74, 6) is -0.554. The van der Waals surface area contributed by atoms with Crippen molar-refractivity contribution in [2.24, 2.45) is 0 Å². The van der Waals surface area contributed by atoms with Crippen LogP contribution in [-0.4, -0.2) is 11.7 Å². The van der Waals surface area contributed by atoms with E-state index >= 15 is 0 Å². The number of anilines is 1. The molecule has 0 heterocycles. The number of nitriles is 1. The normalized spacial score (nSPS) is 10.7. The lowest BCUT2D eigenvalue weighted by Crippen LogP contribution is -2.27. The fourth-order valence-electron chi connectivity index (χ4n) is 2.01. The van der Waals surface area contributed by atoms with Gasteiger partial charge in [-0.2, -0.15) is 5.26 Å². The third-order valence-electron chi connectivity index (χ3n) is 3.03. The Bertz CT molecular complexity index is 807. The Kier molecular flexibility index (Phi) is 5.60. The highest BCUT2D eigenvalue weighted by molar-refractivity contribution is 5.84. The number of nitrogens with zero attached hydrogens (tertiary/aromatic N) is 1. The number of amides is 1. The Morgan fingerprint density at radius 2 is 2.00 bits per heavy atom. The summed E-state index contributed by atoms with van der Waals surface area (Å²) in [5.41, 5.74) is 0.905. The van der Waals surface area contributed by atoms with Crippen LogP contribution in [0.1, 0.15) is 31.9 Å². The average Bonchev–Trinajstić information content (AvgIpc) is 2.52. The van der Waals surface area contributed by atoms with E-state index in [1.54, 1.807) is 45.0 Å². The molecule has 5 nitrogen and oxygen atoms in total. The summed E-state index contributed by atoms with van der Waals surface area (Å²) in [7, 11) is 0. The Labute approximate surface area is 146 Å². The summed E-state index contributed by atoms with van der Waals surface area (Å²) in [4.78, 5) is 11.7. The second-order valence-corrected chi connectivity index (χ2v) is 6.37. The molecule has 0 bridgehead atoms. The first kappa shape index (κ1) is 18.3. The van der Waals surface area contributed by atoms with Crippen molar-refractivity contribution in [2.45, 2.75) is 33.0 Å². The second kappa shape index (κ2) is 7.67. The van der Waals surface area contributed by atoms with Gasteiger partial charge < -0.3 is 9.47 Å². The van der Waals surface area contributed by atoms with E-state index < -0.39 is 17.5 Å². The zero-order chi connectivity index (χ0) is 18.4. The van der Waals surface area contributed by atoms with E-state index in [2.05, 4.69) is 5.32 Å². The van der Waals surface area contributed by atoms with Crippen molar-refractivity contribution in [2.75, 3.05) is 5.32 Å². The highest BCUT2D eigenvalue weighted by atomic mass is 19.1. The molecule has 0 saturated carbocycles. The number of benzene rings is 2. The van der Waals surface area contributed by atoms with Gasteiger partial charge in [-0.15, -0.1) is 0 Å². The van der Waals surface area contributed by atoms with E-state index in [1.165, 1.54) is 12.1 Å². The highest BCUT2D eigenvalue weighted by Crippen LogP contribution is 2.23. The molecule has 2 aromatic carbocycles. The van der Waals surface area contributed by atoms with Gasteiger partial charge in [0.1, 0.15) is 12.2 Å². The molecular formula is C19H19FN2O3. The smallest absolute Gasteiger partial charge is 0.412 e. The van der Waals surface area contributed by atoms with E-state index in [-0.39, 0.29) is 18.0 Å². The van der Waals surface area contributed by atoms with E-state index in [9.17, 15) is 9.18 Å². The predicted octanol–water partition coefficient (Wildman–Crippen LogP) is 4.62. The van der Waals surface area contributed by atoms with Crippen LogP contribution in [0.15, 0.2) is 42.5 Å². The number of ether oxygens (including phenoxy) is 2. The van der Waals surface area contributed by atoms with Crippen LogP contribution in [0.3, 0.4) is 0 Å². The number of hydrogen-bond acceptors (Lipinski definition) is 4. The first-order chi connectivity index (χ1) is 11.8. The van der Waals surface area contributed by atoms with Gasteiger partial charge in [0.2, 0.25) is 0 Å². The zero-order valence-corrected chi connectivity index (χ0v) is 14.3. The van der Waals surface area contributed by atoms with E-state index in [0.717, 1.165) is 11.6 Å². The summed E-state index contributed by atoms with van der Waals surface area (Å²) >= 11 is 0. The number of nitrogens with one attached hydrogen (secondary N) is 1. The average molecular weight is 342 g/mol. The molecule has 0 saturated heterocycles. The van der Waals surface area contributed by atoms with Gasteiger partial charge in [-0.3, -0.25) is 5.32 Å². The van der Waals surface area contributed by atoms with Crippen molar-refractivity contribution in [3.8, 4) is 11.8 Å². The third-order valence-corrected chi connectivity index (χ3v) is 3.03. The molecule has 2 rings (SSSR count). The largest absolute Gasteiger partial charge is 0.486 e. The standard InChI is InChI=1S/C19H19FN2O3/c1-19(2,3)25-18(23)22-15-7-8-17(16(20)10-15)24-12-14-6-4-5-13(9-14)11-21/h4-10H,12H2,1-3H3,(H,22,23). The predicted molar refractivity (Wildman–Crippen MR) is 91.7 cm³/mol. The molecule has 0 atom stereocenters. The van der Waals surface area contributed by atoms with Crippen LogP contribution in [0, 0.1) is 17.1 Å². The number of halogens is 1. The monoisotopic (exact) mass is 342 g/mol. The number of carbonyl (C=O) groups excluding carboxylic acids is 1. The first-order valence-corrected chi connectivity index (χ1v) is 7.68. The molecule has 2 aromatic rings. The number of rotatable bonds is 4. The van der Waals surface area contributed by atoms with Crippen LogP contribution in [-0.2, 0) is 11.3 Å². The minimum Gasteiger partial charge on any atom is -0.486 e. The van der Waals surface area contributed by atoms with E-state index in [4.69, 9.17) is 14.7 Å². The molecule has 0 aromatic heterocycles. The van der Waals surface area contributed by atoms with Crippen molar-refractivity contribution in [3.63, 3.8) is 0 Å². The molecule has 6 heteroatoms. The van der Waals surface area contributed by atoms with Gasteiger partial charge in [-0.1, -0.05) is 12.1 Å². The van der Waals surface area contributed by atoms with Crippen LogP contribution in [0.2, 0.25) is 0 Å².